The number of nitrogens with two attached hydrogens (primary N) is 1. The fourth-order valence-corrected chi connectivity index (χ4v) is 1.80. The van der Waals surface area contributed by atoms with E-state index in [-0.39, 0.29) is 0 Å². The van der Waals surface area contributed by atoms with E-state index in [1.807, 2.05) is 54.6 Å². The van der Waals surface area contributed by atoms with Crippen LogP contribution >= 0.6 is 0 Å². The normalized spacial score (nSPS) is 11.2. The number of anilines is 1. The van der Waals surface area contributed by atoms with Gasteiger partial charge in [0.15, 0.2) is 5.96 Å². The Bertz CT molecular complexity index is 564. The average molecular weight is 283 g/mol. The van der Waals surface area contributed by atoms with Gasteiger partial charge in [0.2, 0.25) is 0 Å². The summed E-state index contributed by atoms with van der Waals surface area (Å²) in [4.78, 5) is 4.27. The van der Waals surface area contributed by atoms with Crippen LogP contribution in [0.5, 0.6) is 5.75 Å². The zero-order valence-corrected chi connectivity index (χ0v) is 12.3. The van der Waals surface area contributed by atoms with Crippen LogP contribution in [0.1, 0.15) is 12.0 Å². The van der Waals surface area contributed by atoms with Crippen molar-refractivity contribution in [1.29, 1.82) is 0 Å². The summed E-state index contributed by atoms with van der Waals surface area (Å²) in [5.41, 5.74) is 7.98. The van der Waals surface area contributed by atoms with Crippen molar-refractivity contribution in [3.63, 3.8) is 0 Å². The number of nitrogens with zero attached hydrogens (tertiary/aromatic N) is 1. The van der Waals surface area contributed by atoms with Gasteiger partial charge in [-0.05, 0) is 31.2 Å². The number of guanidine groups is 1. The van der Waals surface area contributed by atoms with E-state index in [0.717, 1.165) is 17.9 Å². The van der Waals surface area contributed by atoms with Gasteiger partial charge in [-0.25, -0.2) is 0 Å². The maximum absolute atomic E-state index is 5.81. The molecule has 0 fully saturated rings. The van der Waals surface area contributed by atoms with Gasteiger partial charge in [-0.1, -0.05) is 35.9 Å². The van der Waals surface area contributed by atoms with E-state index in [0.29, 0.717) is 19.1 Å². The summed E-state index contributed by atoms with van der Waals surface area (Å²) in [5.74, 6) is 1.32. The lowest BCUT2D eigenvalue weighted by atomic mass is 10.2. The van der Waals surface area contributed by atoms with Crippen molar-refractivity contribution < 1.29 is 4.74 Å². The fourth-order valence-electron chi connectivity index (χ4n) is 1.80. The van der Waals surface area contributed by atoms with Crippen LogP contribution in [-0.2, 0) is 0 Å². The third-order valence-electron chi connectivity index (χ3n) is 2.92. The molecule has 0 saturated heterocycles. The molecule has 0 amide bonds. The van der Waals surface area contributed by atoms with Crippen molar-refractivity contribution in [3.05, 3.63) is 60.2 Å². The molecule has 0 heterocycles. The predicted molar refractivity (Wildman–Crippen MR) is 87.8 cm³/mol. The van der Waals surface area contributed by atoms with Gasteiger partial charge < -0.3 is 15.8 Å². The molecule has 0 radical (unpaired) electrons. The second-order valence-electron chi connectivity index (χ2n) is 4.77. The Labute approximate surface area is 125 Å². The van der Waals surface area contributed by atoms with Gasteiger partial charge >= 0.3 is 0 Å². The van der Waals surface area contributed by atoms with E-state index in [1.165, 1.54) is 5.56 Å². The lowest BCUT2D eigenvalue weighted by Crippen LogP contribution is -2.23. The monoisotopic (exact) mass is 283 g/mol. The van der Waals surface area contributed by atoms with Crippen molar-refractivity contribution in [2.75, 3.05) is 18.5 Å². The first-order valence-corrected chi connectivity index (χ1v) is 7.05. The molecule has 0 aliphatic carbocycles. The Morgan fingerprint density at radius 2 is 1.81 bits per heavy atom. The van der Waals surface area contributed by atoms with Crippen LogP contribution in [0.4, 0.5) is 5.69 Å². The van der Waals surface area contributed by atoms with Crippen LogP contribution in [0.2, 0.25) is 0 Å². The molecule has 0 aromatic heterocycles. The van der Waals surface area contributed by atoms with Crippen molar-refractivity contribution in [2.45, 2.75) is 13.3 Å². The largest absolute Gasteiger partial charge is 0.494 e. The summed E-state index contributed by atoms with van der Waals surface area (Å²) in [6.07, 6.45) is 0.824. The van der Waals surface area contributed by atoms with Crippen LogP contribution in [0, 0.1) is 6.92 Å². The highest BCUT2D eigenvalue weighted by molar-refractivity contribution is 5.92. The first-order chi connectivity index (χ1) is 10.2. The standard InChI is InChI=1S/C17H21N3O/c1-14-8-10-16(11-9-14)21-13-5-12-19-17(18)20-15-6-3-2-4-7-15/h2-4,6-11H,5,12-13H2,1H3,(H3,18,19,20). The number of aryl methyl sites for hydroxylation is 1. The van der Waals surface area contributed by atoms with Gasteiger partial charge in [-0.3, -0.25) is 4.99 Å². The van der Waals surface area contributed by atoms with E-state index >= 15 is 0 Å². The molecule has 21 heavy (non-hydrogen) atoms. The molecule has 0 saturated carbocycles. The second-order valence-corrected chi connectivity index (χ2v) is 4.77. The third-order valence-corrected chi connectivity index (χ3v) is 2.92. The smallest absolute Gasteiger partial charge is 0.193 e. The number of para-hydroxylation sites is 1. The fraction of sp³-hybridized carbons (Fsp3) is 0.235. The summed E-state index contributed by atoms with van der Waals surface area (Å²) in [5, 5.41) is 3.04. The molecule has 2 rings (SSSR count). The zero-order chi connectivity index (χ0) is 14.9. The molecule has 0 bridgehead atoms. The van der Waals surface area contributed by atoms with Gasteiger partial charge in [-0.15, -0.1) is 0 Å². The van der Waals surface area contributed by atoms with E-state index in [1.54, 1.807) is 0 Å². The molecule has 2 aromatic rings. The number of ether oxygens (including phenoxy) is 1. The summed E-state index contributed by atoms with van der Waals surface area (Å²) in [6.45, 7) is 3.32. The number of rotatable bonds is 6. The highest BCUT2D eigenvalue weighted by atomic mass is 16.5. The minimum absolute atomic E-state index is 0.427. The van der Waals surface area contributed by atoms with Crippen molar-refractivity contribution in [2.24, 2.45) is 10.7 Å². The predicted octanol–water partition coefficient (Wildman–Crippen LogP) is 3.19. The third kappa shape index (κ3) is 5.57. The van der Waals surface area contributed by atoms with Crippen molar-refractivity contribution >= 4 is 11.6 Å². The molecule has 0 aliphatic heterocycles. The van der Waals surface area contributed by atoms with Crippen LogP contribution in [0.25, 0.3) is 0 Å². The molecule has 0 spiro atoms. The van der Waals surface area contributed by atoms with E-state index < -0.39 is 0 Å². The number of hydrogen-bond acceptors (Lipinski definition) is 2. The number of hydrogen-bond donors (Lipinski definition) is 2. The minimum Gasteiger partial charge on any atom is -0.494 e. The van der Waals surface area contributed by atoms with Crippen LogP contribution in [0.3, 0.4) is 0 Å². The van der Waals surface area contributed by atoms with Gasteiger partial charge in [0.05, 0.1) is 6.61 Å². The Balaban J connectivity index is 1.66. The minimum atomic E-state index is 0.427. The SMILES string of the molecule is Cc1ccc(OCCCN=C(N)Nc2ccccc2)cc1. The number of aliphatic imine (C=N–C) groups is 1. The second kappa shape index (κ2) is 7.94. The first-order valence-electron chi connectivity index (χ1n) is 7.05. The van der Waals surface area contributed by atoms with Gasteiger partial charge in [0.25, 0.3) is 0 Å². The Morgan fingerprint density at radius 1 is 1.10 bits per heavy atom. The maximum atomic E-state index is 5.81. The Morgan fingerprint density at radius 3 is 2.52 bits per heavy atom. The Kier molecular flexibility index (Phi) is 5.64. The molecule has 0 unspecified atom stereocenters. The lowest BCUT2D eigenvalue weighted by molar-refractivity contribution is 0.313. The molecule has 110 valence electrons. The first kappa shape index (κ1) is 14.9. The molecular weight excluding hydrogens is 262 g/mol. The summed E-state index contributed by atoms with van der Waals surface area (Å²) < 4.78 is 5.63. The lowest BCUT2D eigenvalue weighted by Gasteiger charge is -2.06. The van der Waals surface area contributed by atoms with E-state index in [4.69, 9.17) is 10.5 Å². The number of benzene rings is 2. The summed E-state index contributed by atoms with van der Waals surface area (Å²) in [7, 11) is 0. The molecule has 4 heteroatoms. The average Bonchev–Trinajstić information content (AvgIpc) is 2.50. The highest BCUT2D eigenvalue weighted by Gasteiger charge is 1.95. The number of nitrogens with one attached hydrogen (secondary N) is 1. The molecule has 0 aliphatic rings. The molecule has 2 aromatic carbocycles. The molecule has 4 nitrogen and oxygen atoms in total. The van der Waals surface area contributed by atoms with Crippen LogP contribution in [-0.4, -0.2) is 19.1 Å². The molecule has 0 atom stereocenters. The van der Waals surface area contributed by atoms with Crippen LogP contribution < -0.4 is 15.8 Å². The quantitative estimate of drug-likeness (QED) is 0.486. The molecular formula is C17H21N3O. The van der Waals surface area contributed by atoms with E-state index in [2.05, 4.69) is 17.2 Å². The van der Waals surface area contributed by atoms with Gasteiger partial charge in [0, 0.05) is 18.7 Å². The van der Waals surface area contributed by atoms with Crippen molar-refractivity contribution in [1.82, 2.24) is 0 Å². The van der Waals surface area contributed by atoms with Crippen LogP contribution in [0.15, 0.2) is 59.6 Å². The van der Waals surface area contributed by atoms with Gasteiger partial charge in [-0.2, -0.15) is 0 Å². The Hall–Kier alpha value is -2.49. The maximum Gasteiger partial charge on any atom is 0.193 e. The zero-order valence-electron chi connectivity index (χ0n) is 12.3. The highest BCUT2D eigenvalue weighted by Crippen LogP contribution is 2.11. The summed E-state index contributed by atoms with van der Waals surface area (Å²) >= 11 is 0. The van der Waals surface area contributed by atoms with Gasteiger partial charge in [0.1, 0.15) is 5.75 Å². The van der Waals surface area contributed by atoms with E-state index in [9.17, 15) is 0 Å². The topological polar surface area (TPSA) is 59.6 Å². The summed E-state index contributed by atoms with van der Waals surface area (Å²) in [6, 6.07) is 17.8. The molecule has 3 N–H and O–H groups in total. The van der Waals surface area contributed by atoms with Crippen molar-refractivity contribution in [3.8, 4) is 5.75 Å².